The number of non-ortho nitro benzene ring substituents is 1. The third kappa shape index (κ3) is 3.13. The summed E-state index contributed by atoms with van der Waals surface area (Å²) in [6, 6.07) is 4.49. The number of anilines is 1. The lowest BCUT2D eigenvalue weighted by Gasteiger charge is -2.31. The number of hydrogen-bond acceptors (Lipinski definition) is 5. The lowest BCUT2D eigenvalue weighted by Crippen LogP contribution is -2.43. The van der Waals surface area contributed by atoms with E-state index in [0.29, 0.717) is 18.8 Å². The molecule has 0 saturated carbocycles. The minimum atomic E-state index is -0.905. The molecule has 1 aromatic rings. The molecule has 0 amide bonds. The highest BCUT2D eigenvalue weighted by Crippen LogP contribution is 2.29. The van der Waals surface area contributed by atoms with E-state index in [0.717, 1.165) is 5.56 Å². The van der Waals surface area contributed by atoms with Crippen molar-refractivity contribution in [2.75, 3.05) is 24.7 Å². The molecule has 114 valence electrons. The first-order valence-electron chi connectivity index (χ1n) is 6.77. The number of carboxylic acids is 1. The van der Waals surface area contributed by atoms with Crippen molar-refractivity contribution in [3.05, 3.63) is 33.9 Å². The number of likely N-dealkylation sites (N-methyl/N-ethyl adjacent to an activating group) is 1. The van der Waals surface area contributed by atoms with Crippen molar-refractivity contribution in [2.24, 2.45) is 5.92 Å². The molecule has 1 fully saturated rings. The fourth-order valence-electron chi connectivity index (χ4n) is 2.71. The third-order valence-corrected chi connectivity index (χ3v) is 3.70. The van der Waals surface area contributed by atoms with Gasteiger partial charge in [-0.05, 0) is 25.5 Å². The molecule has 0 aliphatic carbocycles. The molecule has 1 N–H and O–H groups in total. The topological polar surface area (TPSA) is 92.9 Å². The van der Waals surface area contributed by atoms with Crippen molar-refractivity contribution in [1.82, 2.24) is 0 Å². The lowest BCUT2D eigenvalue weighted by atomic mass is 10.0. The summed E-state index contributed by atoms with van der Waals surface area (Å²) in [5, 5.41) is 20.2. The van der Waals surface area contributed by atoms with Crippen LogP contribution in [0.25, 0.3) is 0 Å². The molecule has 21 heavy (non-hydrogen) atoms. The fourth-order valence-corrected chi connectivity index (χ4v) is 2.71. The van der Waals surface area contributed by atoms with Gasteiger partial charge in [-0.25, -0.2) is 0 Å². The molecule has 1 heterocycles. The molecular weight excluding hydrogens is 276 g/mol. The Morgan fingerprint density at radius 3 is 2.76 bits per heavy atom. The number of nitro benzene ring substituents is 1. The van der Waals surface area contributed by atoms with Gasteiger partial charge in [-0.1, -0.05) is 0 Å². The fraction of sp³-hybridized carbons (Fsp3) is 0.500. The summed E-state index contributed by atoms with van der Waals surface area (Å²) in [6.07, 6.45) is 0. The SMILES string of the molecule is CCN(c1cc(C)cc([N+](=O)[O-])c1)C1COCC1C(=O)O. The summed E-state index contributed by atoms with van der Waals surface area (Å²) in [5.41, 5.74) is 1.43. The van der Waals surface area contributed by atoms with Crippen LogP contribution in [-0.2, 0) is 9.53 Å². The second kappa shape index (κ2) is 6.09. The minimum Gasteiger partial charge on any atom is -0.481 e. The molecule has 1 aliphatic heterocycles. The maximum Gasteiger partial charge on any atom is 0.311 e. The van der Waals surface area contributed by atoms with Crippen molar-refractivity contribution >= 4 is 17.3 Å². The Hall–Kier alpha value is -2.15. The Morgan fingerprint density at radius 2 is 2.19 bits per heavy atom. The zero-order chi connectivity index (χ0) is 15.6. The zero-order valence-electron chi connectivity index (χ0n) is 12.0. The average molecular weight is 294 g/mol. The Balaban J connectivity index is 2.37. The number of nitro groups is 1. The summed E-state index contributed by atoms with van der Waals surface area (Å²) < 4.78 is 5.29. The summed E-state index contributed by atoms with van der Waals surface area (Å²) >= 11 is 0. The lowest BCUT2D eigenvalue weighted by molar-refractivity contribution is -0.384. The number of hydrogen-bond donors (Lipinski definition) is 1. The predicted molar refractivity (Wildman–Crippen MR) is 76.6 cm³/mol. The van der Waals surface area contributed by atoms with E-state index in [1.807, 2.05) is 17.9 Å². The van der Waals surface area contributed by atoms with Crippen molar-refractivity contribution in [3.63, 3.8) is 0 Å². The van der Waals surface area contributed by atoms with E-state index < -0.39 is 16.8 Å². The van der Waals surface area contributed by atoms with E-state index in [1.165, 1.54) is 12.1 Å². The quantitative estimate of drug-likeness (QED) is 0.658. The van der Waals surface area contributed by atoms with Crippen LogP contribution in [0.2, 0.25) is 0 Å². The molecule has 1 aliphatic rings. The van der Waals surface area contributed by atoms with E-state index >= 15 is 0 Å². The normalized spacial score (nSPS) is 21.2. The summed E-state index contributed by atoms with van der Waals surface area (Å²) in [4.78, 5) is 23.7. The smallest absolute Gasteiger partial charge is 0.311 e. The van der Waals surface area contributed by atoms with Gasteiger partial charge >= 0.3 is 5.97 Å². The second-order valence-electron chi connectivity index (χ2n) is 5.12. The Morgan fingerprint density at radius 1 is 1.48 bits per heavy atom. The van der Waals surface area contributed by atoms with Crippen LogP contribution >= 0.6 is 0 Å². The highest BCUT2D eigenvalue weighted by molar-refractivity contribution is 5.73. The molecule has 2 unspecified atom stereocenters. The molecule has 1 saturated heterocycles. The van der Waals surface area contributed by atoms with Crippen LogP contribution in [0.5, 0.6) is 0 Å². The predicted octanol–water partition coefficient (Wildman–Crippen LogP) is 1.83. The highest BCUT2D eigenvalue weighted by atomic mass is 16.6. The van der Waals surface area contributed by atoms with Crippen molar-refractivity contribution in [3.8, 4) is 0 Å². The molecule has 0 radical (unpaired) electrons. The van der Waals surface area contributed by atoms with Gasteiger partial charge in [-0.3, -0.25) is 14.9 Å². The van der Waals surface area contributed by atoms with Gasteiger partial charge in [0.25, 0.3) is 5.69 Å². The molecule has 2 atom stereocenters. The molecule has 2 rings (SSSR count). The van der Waals surface area contributed by atoms with Crippen LogP contribution in [0.15, 0.2) is 18.2 Å². The summed E-state index contributed by atoms with van der Waals surface area (Å²) in [5.74, 6) is -1.53. The molecular formula is C14H18N2O5. The molecule has 0 bridgehead atoms. The number of nitrogens with zero attached hydrogens (tertiary/aromatic N) is 2. The number of carbonyl (C=O) groups is 1. The first kappa shape index (κ1) is 15.2. The Kier molecular flexibility index (Phi) is 4.42. The Bertz CT molecular complexity index is 560. The van der Waals surface area contributed by atoms with Crippen LogP contribution in [0.3, 0.4) is 0 Å². The summed E-state index contributed by atoms with van der Waals surface area (Å²) in [6.45, 7) is 4.71. The van der Waals surface area contributed by atoms with Crippen LogP contribution in [-0.4, -0.2) is 41.8 Å². The highest BCUT2D eigenvalue weighted by Gasteiger charge is 2.38. The number of aryl methyl sites for hydroxylation is 1. The molecule has 1 aromatic carbocycles. The second-order valence-corrected chi connectivity index (χ2v) is 5.12. The van der Waals surface area contributed by atoms with Crippen LogP contribution < -0.4 is 4.90 Å². The number of benzene rings is 1. The van der Waals surface area contributed by atoms with Gasteiger partial charge in [0.1, 0.15) is 5.92 Å². The van der Waals surface area contributed by atoms with Crippen molar-refractivity contribution in [2.45, 2.75) is 19.9 Å². The number of carboxylic acid groups (broad SMARTS) is 1. The molecule has 0 spiro atoms. The van der Waals surface area contributed by atoms with Gasteiger partial charge < -0.3 is 14.7 Å². The maximum atomic E-state index is 11.3. The van der Waals surface area contributed by atoms with E-state index in [4.69, 9.17) is 4.74 Å². The van der Waals surface area contributed by atoms with Gasteiger partial charge in [-0.15, -0.1) is 0 Å². The van der Waals surface area contributed by atoms with E-state index in [2.05, 4.69) is 0 Å². The molecule has 7 heteroatoms. The molecule has 0 aromatic heterocycles. The maximum absolute atomic E-state index is 11.3. The largest absolute Gasteiger partial charge is 0.481 e. The first-order chi connectivity index (χ1) is 9.93. The van der Waals surface area contributed by atoms with Crippen LogP contribution in [0.1, 0.15) is 12.5 Å². The van der Waals surface area contributed by atoms with Gasteiger partial charge in [0, 0.05) is 24.4 Å². The van der Waals surface area contributed by atoms with Crippen molar-refractivity contribution < 1.29 is 19.6 Å². The number of ether oxygens (including phenoxy) is 1. The van der Waals surface area contributed by atoms with Gasteiger partial charge in [0.05, 0.1) is 24.2 Å². The van der Waals surface area contributed by atoms with E-state index in [1.54, 1.807) is 6.92 Å². The van der Waals surface area contributed by atoms with Gasteiger partial charge in [0.15, 0.2) is 0 Å². The zero-order valence-corrected chi connectivity index (χ0v) is 12.0. The van der Waals surface area contributed by atoms with E-state index in [9.17, 15) is 20.0 Å². The van der Waals surface area contributed by atoms with Crippen LogP contribution in [0, 0.1) is 23.0 Å². The average Bonchev–Trinajstić information content (AvgIpc) is 2.88. The number of rotatable bonds is 5. The summed E-state index contributed by atoms with van der Waals surface area (Å²) in [7, 11) is 0. The third-order valence-electron chi connectivity index (χ3n) is 3.70. The van der Waals surface area contributed by atoms with Crippen molar-refractivity contribution in [1.29, 1.82) is 0 Å². The monoisotopic (exact) mass is 294 g/mol. The van der Waals surface area contributed by atoms with E-state index in [-0.39, 0.29) is 18.3 Å². The van der Waals surface area contributed by atoms with Gasteiger partial charge in [-0.2, -0.15) is 0 Å². The van der Waals surface area contributed by atoms with Gasteiger partial charge in [0.2, 0.25) is 0 Å². The Labute approximate surface area is 122 Å². The number of aliphatic carboxylic acids is 1. The van der Waals surface area contributed by atoms with Crippen LogP contribution in [0.4, 0.5) is 11.4 Å². The molecule has 7 nitrogen and oxygen atoms in total. The minimum absolute atomic E-state index is 0.00856. The first-order valence-corrected chi connectivity index (χ1v) is 6.77. The standard InChI is InChI=1S/C14H18N2O5/c1-3-15(13-8-21-7-12(13)14(17)18)10-4-9(2)5-11(6-10)16(19)20/h4-6,12-13H,3,7-8H2,1-2H3,(H,17,18).